The van der Waals surface area contributed by atoms with E-state index in [1.54, 1.807) is 24.4 Å². The number of rotatable bonds is 6. The first-order chi connectivity index (χ1) is 14.5. The monoisotopic (exact) mass is 461 g/mol. The summed E-state index contributed by atoms with van der Waals surface area (Å²) in [7, 11) is 0. The molecule has 1 aromatic carbocycles. The van der Waals surface area contributed by atoms with Gasteiger partial charge in [0.15, 0.2) is 0 Å². The molecule has 3 heterocycles. The van der Waals surface area contributed by atoms with E-state index in [0.29, 0.717) is 20.8 Å². The zero-order valence-corrected chi connectivity index (χ0v) is 17.8. The van der Waals surface area contributed by atoms with E-state index in [1.807, 2.05) is 29.8 Å². The van der Waals surface area contributed by atoms with E-state index in [2.05, 4.69) is 20.6 Å². The third-order valence-electron chi connectivity index (χ3n) is 4.42. The Hall–Kier alpha value is -2.78. The van der Waals surface area contributed by atoms with E-state index in [-0.39, 0.29) is 6.54 Å². The molecule has 0 saturated heterocycles. The van der Waals surface area contributed by atoms with Crippen LogP contribution in [0, 0.1) is 0 Å². The number of benzene rings is 1. The lowest BCUT2D eigenvalue weighted by molar-refractivity contribution is 0.198. The van der Waals surface area contributed by atoms with Crippen LogP contribution in [0.3, 0.4) is 0 Å². The summed E-state index contributed by atoms with van der Waals surface area (Å²) in [6, 6.07) is 10.2. The third kappa shape index (κ3) is 4.36. The Morgan fingerprint density at radius 1 is 1.20 bits per heavy atom. The van der Waals surface area contributed by atoms with Crippen molar-refractivity contribution in [1.82, 2.24) is 15.3 Å². The Labute approximate surface area is 186 Å². The Morgan fingerprint density at radius 3 is 2.87 bits per heavy atom. The maximum absolute atomic E-state index is 12.5. The molecule has 154 valence electrons. The average molecular weight is 462 g/mol. The van der Waals surface area contributed by atoms with Gasteiger partial charge in [0, 0.05) is 24.3 Å². The molecule has 0 aliphatic rings. The largest absolute Gasteiger partial charge is 0.414 e. The number of carbonyl (C=O) groups is 1. The molecule has 5 N–H and O–H groups in total. The minimum atomic E-state index is -0.622. The number of H-pyrrole nitrogens is 1. The summed E-state index contributed by atoms with van der Waals surface area (Å²) in [6.07, 6.45) is 2.89. The molecule has 4 aromatic rings. The number of hydrogen-bond acceptors (Lipinski definition) is 6. The lowest BCUT2D eigenvalue weighted by Gasteiger charge is -2.17. The van der Waals surface area contributed by atoms with E-state index in [4.69, 9.17) is 33.7 Å². The molecule has 0 bridgehead atoms. The second-order valence-electron chi connectivity index (χ2n) is 6.34. The molecular formula is C20H17Cl2N5O2S. The first-order valence-corrected chi connectivity index (χ1v) is 10.6. The van der Waals surface area contributed by atoms with E-state index < -0.39 is 12.1 Å². The minimum Gasteiger partial charge on any atom is -0.397 e. The number of halogens is 2. The van der Waals surface area contributed by atoms with Gasteiger partial charge in [-0.2, -0.15) is 0 Å². The quantitative estimate of drug-likeness (QED) is 0.305. The van der Waals surface area contributed by atoms with Gasteiger partial charge >= 0.3 is 6.09 Å². The van der Waals surface area contributed by atoms with Crippen molar-refractivity contribution in [2.45, 2.75) is 6.04 Å². The van der Waals surface area contributed by atoms with Crippen LogP contribution in [-0.2, 0) is 0 Å². The second kappa shape index (κ2) is 8.93. The Balaban J connectivity index is 1.47. The van der Waals surface area contributed by atoms with Crippen molar-refractivity contribution in [2.75, 3.05) is 11.9 Å². The molecule has 0 saturated carbocycles. The lowest BCUT2D eigenvalue weighted by Crippen LogP contribution is -2.35. The molecule has 1 amide bonds. The molecule has 30 heavy (non-hydrogen) atoms. The van der Waals surface area contributed by atoms with Gasteiger partial charge in [-0.25, -0.2) is 9.78 Å². The van der Waals surface area contributed by atoms with Crippen LogP contribution in [0.15, 0.2) is 54.2 Å². The number of anilines is 2. The molecule has 3 aromatic heterocycles. The summed E-state index contributed by atoms with van der Waals surface area (Å²) in [6.45, 7) is 0.172. The van der Waals surface area contributed by atoms with Crippen molar-refractivity contribution >= 4 is 63.0 Å². The number of aromatic nitrogens is 2. The highest BCUT2D eigenvalue weighted by molar-refractivity contribution is 7.12. The fourth-order valence-electron chi connectivity index (χ4n) is 2.95. The van der Waals surface area contributed by atoms with Crippen LogP contribution in [0.5, 0.6) is 5.06 Å². The number of carbonyl (C=O) groups excluding carboxylic acids is 1. The van der Waals surface area contributed by atoms with Gasteiger partial charge in [-0.15, -0.1) is 11.3 Å². The van der Waals surface area contributed by atoms with E-state index in [1.165, 1.54) is 11.3 Å². The number of ether oxygens (including phenoxy) is 1. The predicted octanol–water partition coefficient (Wildman–Crippen LogP) is 5.46. The summed E-state index contributed by atoms with van der Waals surface area (Å²) in [5.41, 5.74) is 8.84. The van der Waals surface area contributed by atoms with Crippen LogP contribution >= 0.6 is 34.5 Å². The molecule has 0 aliphatic carbocycles. The van der Waals surface area contributed by atoms with E-state index in [0.717, 1.165) is 22.3 Å². The van der Waals surface area contributed by atoms with Gasteiger partial charge in [0.05, 0.1) is 27.5 Å². The van der Waals surface area contributed by atoms with Crippen LogP contribution in [-0.4, -0.2) is 22.6 Å². The van der Waals surface area contributed by atoms with Gasteiger partial charge in [-0.3, -0.25) is 0 Å². The molecular weight excluding hydrogens is 445 g/mol. The van der Waals surface area contributed by atoms with Gasteiger partial charge in [-0.05, 0) is 41.3 Å². The summed E-state index contributed by atoms with van der Waals surface area (Å²) in [5, 5.41) is 10.1. The fourth-order valence-corrected chi connectivity index (χ4v) is 3.95. The smallest absolute Gasteiger partial charge is 0.397 e. The van der Waals surface area contributed by atoms with Crippen LogP contribution in [0.1, 0.15) is 11.6 Å². The molecule has 0 radical (unpaired) electrons. The van der Waals surface area contributed by atoms with Crippen molar-refractivity contribution in [3.05, 3.63) is 69.8 Å². The van der Waals surface area contributed by atoms with Crippen LogP contribution < -0.4 is 21.1 Å². The van der Waals surface area contributed by atoms with Gasteiger partial charge < -0.3 is 26.1 Å². The van der Waals surface area contributed by atoms with Gasteiger partial charge in [0.1, 0.15) is 5.65 Å². The maximum Gasteiger partial charge on any atom is 0.414 e. The van der Waals surface area contributed by atoms with Crippen molar-refractivity contribution in [1.29, 1.82) is 0 Å². The summed E-state index contributed by atoms with van der Waals surface area (Å²) in [4.78, 5) is 19.8. The minimum absolute atomic E-state index is 0.172. The lowest BCUT2D eigenvalue weighted by atomic mass is 10.1. The van der Waals surface area contributed by atoms with Crippen molar-refractivity contribution in [3.8, 4) is 5.06 Å². The van der Waals surface area contributed by atoms with E-state index >= 15 is 0 Å². The van der Waals surface area contributed by atoms with Crippen molar-refractivity contribution in [2.24, 2.45) is 5.73 Å². The number of nitrogens with one attached hydrogen (secondary N) is 3. The standard InChI is InChI=1S/C20H17Cl2N5O2S/c21-13-2-1-11(9-14(13)22)17(10-23)27-20(28)29-19-16(5-8-30-19)26-15-4-7-25-18-12(15)3-6-24-18/h1-9,17H,10,23H2,(H,27,28)(H2,24,25,26). The van der Waals surface area contributed by atoms with Gasteiger partial charge in [0.25, 0.3) is 0 Å². The molecule has 0 aliphatic heterocycles. The molecule has 0 spiro atoms. The first kappa shape index (κ1) is 20.5. The van der Waals surface area contributed by atoms with Crippen LogP contribution in [0.2, 0.25) is 10.0 Å². The zero-order chi connectivity index (χ0) is 21.1. The molecule has 10 heteroatoms. The van der Waals surface area contributed by atoms with Crippen LogP contribution in [0.25, 0.3) is 11.0 Å². The van der Waals surface area contributed by atoms with Gasteiger partial charge in [0.2, 0.25) is 5.06 Å². The second-order valence-corrected chi connectivity index (χ2v) is 8.03. The number of amides is 1. The SMILES string of the molecule is NCC(NC(=O)Oc1sccc1Nc1ccnc2[nH]ccc12)c1ccc(Cl)c(Cl)c1. The number of thiophene rings is 1. The molecule has 4 rings (SSSR count). The molecule has 1 atom stereocenters. The van der Waals surface area contributed by atoms with Gasteiger partial charge in [-0.1, -0.05) is 29.3 Å². The highest BCUT2D eigenvalue weighted by Gasteiger charge is 2.18. The molecule has 0 fully saturated rings. The van der Waals surface area contributed by atoms with Crippen molar-refractivity contribution < 1.29 is 9.53 Å². The number of hydrogen-bond donors (Lipinski definition) is 4. The summed E-state index contributed by atoms with van der Waals surface area (Å²) in [5.74, 6) is 0. The Bertz CT molecular complexity index is 1190. The Kier molecular flexibility index (Phi) is 6.10. The number of pyridine rings is 1. The highest BCUT2D eigenvalue weighted by Crippen LogP contribution is 2.35. The molecule has 7 nitrogen and oxygen atoms in total. The van der Waals surface area contributed by atoms with Crippen molar-refractivity contribution in [3.63, 3.8) is 0 Å². The Morgan fingerprint density at radius 2 is 2.07 bits per heavy atom. The highest BCUT2D eigenvalue weighted by atomic mass is 35.5. The molecule has 1 unspecified atom stereocenters. The van der Waals surface area contributed by atoms with E-state index in [9.17, 15) is 4.79 Å². The third-order valence-corrected chi connectivity index (χ3v) is 5.95. The summed E-state index contributed by atoms with van der Waals surface area (Å²) < 4.78 is 5.53. The van der Waals surface area contributed by atoms with Crippen LogP contribution in [0.4, 0.5) is 16.2 Å². The average Bonchev–Trinajstić information content (AvgIpc) is 3.38. The number of nitrogens with zero attached hydrogens (tertiary/aromatic N) is 1. The fraction of sp³-hybridized carbons (Fsp3) is 0.100. The normalized spacial score (nSPS) is 12.0. The topological polar surface area (TPSA) is 105 Å². The number of nitrogens with two attached hydrogens (primary N) is 1. The number of aromatic amines is 1. The summed E-state index contributed by atoms with van der Waals surface area (Å²) >= 11 is 13.3. The number of fused-ring (bicyclic) bond motifs is 1. The maximum atomic E-state index is 12.5. The predicted molar refractivity (Wildman–Crippen MR) is 121 cm³/mol. The zero-order valence-electron chi connectivity index (χ0n) is 15.5. The first-order valence-electron chi connectivity index (χ1n) is 8.95.